The molecule has 1 nitrogen and oxygen atoms in total. The van der Waals surface area contributed by atoms with Gasteiger partial charge in [0.15, 0.2) is 0 Å². The molecule has 0 radical (unpaired) electrons. The van der Waals surface area contributed by atoms with E-state index in [1.807, 2.05) is 69.3 Å². The van der Waals surface area contributed by atoms with Crippen molar-refractivity contribution in [2.75, 3.05) is 5.73 Å². The van der Waals surface area contributed by atoms with Crippen molar-refractivity contribution in [3.8, 4) is 0 Å². The van der Waals surface area contributed by atoms with E-state index in [9.17, 15) is 0 Å². The number of thiol groups is 3. The molecule has 26 heavy (non-hydrogen) atoms. The zero-order chi connectivity index (χ0) is 19.7. The van der Waals surface area contributed by atoms with Crippen LogP contribution in [0, 0.1) is 6.92 Å². The first kappa shape index (κ1) is 22.6. The zero-order valence-electron chi connectivity index (χ0n) is 15.7. The highest BCUT2D eigenvalue weighted by molar-refractivity contribution is 7.83. The van der Waals surface area contributed by atoms with Crippen molar-refractivity contribution in [2.45, 2.75) is 42.4 Å². The summed E-state index contributed by atoms with van der Waals surface area (Å²) in [6.07, 6.45) is 4.06. The molecule has 0 atom stereocenters. The standard InChI is InChI=1S/C10H9NS.C10H12S2.C2H6/c11-10-8-4-2-1-3-7(8)5-6-9(10)12;1-3-4-8-7(2)5-6-9(11)10(8)12;1-2/h1-6,12H,11H2;3-6,11-12H,1-2H3;1-2H3/b;4-3-;. The van der Waals surface area contributed by atoms with Crippen LogP contribution in [-0.2, 0) is 0 Å². The predicted molar refractivity (Wildman–Crippen MR) is 127 cm³/mol. The van der Waals surface area contributed by atoms with Gasteiger partial charge in [-0.15, -0.1) is 37.9 Å². The Morgan fingerprint density at radius 3 is 2.12 bits per heavy atom. The topological polar surface area (TPSA) is 26.0 Å². The quantitative estimate of drug-likeness (QED) is 0.249. The first-order valence-electron chi connectivity index (χ1n) is 8.56. The molecule has 2 N–H and O–H groups in total. The molecule has 0 spiro atoms. The van der Waals surface area contributed by atoms with E-state index < -0.39 is 0 Å². The minimum Gasteiger partial charge on any atom is -0.397 e. The first-order valence-corrected chi connectivity index (χ1v) is 9.90. The molecular formula is C22H27NS3. The maximum Gasteiger partial charge on any atom is 0.0529 e. The summed E-state index contributed by atoms with van der Waals surface area (Å²) in [5, 5.41) is 2.23. The summed E-state index contributed by atoms with van der Waals surface area (Å²) < 4.78 is 0. The summed E-state index contributed by atoms with van der Waals surface area (Å²) in [6, 6.07) is 16.0. The third kappa shape index (κ3) is 5.76. The molecule has 0 saturated heterocycles. The smallest absolute Gasteiger partial charge is 0.0529 e. The summed E-state index contributed by atoms with van der Waals surface area (Å²) in [4.78, 5) is 2.72. The van der Waals surface area contributed by atoms with Crippen molar-refractivity contribution in [2.24, 2.45) is 0 Å². The summed E-state index contributed by atoms with van der Waals surface area (Å²) in [5.74, 6) is 0. The number of allylic oxidation sites excluding steroid dienone is 1. The molecule has 0 heterocycles. The Balaban J connectivity index is 0.000000238. The average molecular weight is 402 g/mol. The summed E-state index contributed by atoms with van der Waals surface area (Å²) in [7, 11) is 0. The number of rotatable bonds is 1. The van der Waals surface area contributed by atoms with Gasteiger partial charge in [0.25, 0.3) is 0 Å². The van der Waals surface area contributed by atoms with Gasteiger partial charge in [-0.1, -0.05) is 62.4 Å². The van der Waals surface area contributed by atoms with Gasteiger partial charge in [0.1, 0.15) is 0 Å². The Bertz CT molecular complexity index is 886. The van der Waals surface area contributed by atoms with E-state index in [1.54, 1.807) is 0 Å². The number of anilines is 1. The maximum absolute atomic E-state index is 5.84. The molecule has 0 aromatic heterocycles. The second-order valence-corrected chi connectivity index (χ2v) is 6.79. The molecule has 0 aliphatic heterocycles. The number of benzene rings is 3. The Morgan fingerprint density at radius 2 is 1.46 bits per heavy atom. The lowest BCUT2D eigenvalue weighted by atomic mass is 10.1. The summed E-state index contributed by atoms with van der Waals surface area (Å²) in [6.45, 7) is 8.07. The third-order valence-corrected chi connectivity index (χ3v) is 5.12. The molecule has 3 aromatic rings. The van der Waals surface area contributed by atoms with Crippen molar-refractivity contribution in [3.05, 3.63) is 65.7 Å². The van der Waals surface area contributed by atoms with Gasteiger partial charge in [-0.25, -0.2) is 0 Å². The fourth-order valence-electron chi connectivity index (χ4n) is 2.36. The van der Waals surface area contributed by atoms with Gasteiger partial charge in [0.2, 0.25) is 0 Å². The van der Waals surface area contributed by atoms with Crippen LogP contribution in [0.1, 0.15) is 31.9 Å². The predicted octanol–water partition coefficient (Wildman–Crippen LogP) is 7.34. The van der Waals surface area contributed by atoms with E-state index >= 15 is 0 Å². The van der Waals surface area contributed by atoms with E-state index in [2.05, 4.69) is 57.0 Å². The second-order valence-electron chi connectivity index (χ2n) is 5.38. The lowest BCUT2D eigenvalue weighted by Gasteiger charge is -2.06. The van der Waals surface area contributed by atoms with Crippen LogP contribution in [0.15, 0.2) is 69.3 Å². The second kappa shape index (κ2) is 11.3. The lowest BCUT2D eigenvalue weighted by Crippen LogP contribution is -1.88. The number of nitrogens with two attached hydrogens (primary N) is 1. The van der Waals surface area contributed by atoms with Gasteiger partial charge in [-0.2, -0.15) is 0 Å². The molecule has 3 rings (SSSR count). The van der Waals surface area contributed by atoms with Crippen LogP contribution in [0.4, 0.5) is 5.69 Å². The number of fused-ring (bicyclic) bond motifs is 1. The average Bonchev–Trinajstić information content (AvgIpc) is 2.67. The van der Waals surface area contributed by atoms with E-state index in [0.29, 0.717) is 0 Å². The van der Waals surface area contributed by atoms with Gasteiger partial charge >= 0.3 is 0 Å². The van der Waals surface area contributed by atoms with Crippen molar-refractivity contribution < 1.29 is 0 Å². The Labute approximate surface area is 173 Å². The highest BCUT2D eigenvalue weighted by Gasteiger charge is 2.02. The van der Waals surface area contributed by atoms with Crippen LogP contribution in [-0.4, -0.2) is 0 Å². The molecule has 3 aromatic carbocycles. The molecule has 0 bridgehead atoms. The van der Waals surface area contributed by atoms with Crippen molar-refractivity contribution in [3.63, 3.8) is 0 Å². The van der Waals surface area contributed by atoms with E-state index in [1.165, 1.54) is 5.56 Å². The monoisotopic (exact) mass is 401 g/mol. The minimum absolute atomic E-state index is 0.761. The normalized spacial score (nSPS) is 10.1. The van der Waals surface area contributed by atoms with Crippen molar-refractivity contribution >= 4 is 60.4 Å². The van der Waals surface area contributed by atoms with Crippen LogP contribution in [0.3, 0.4) is 0 Å². The number of hydrogen-bond donors (Lipinski definition) is 4. The molecule has 138 valence electrons. The SMILES string of the molecule is C/C=C\c1c(C)ccc(S)c1S.CC.Nc1c(S)ccc2ccccc12. The maximum atomic E-state index is 5.84. The molecule has 0 aliphatic rings. The van der Waals surface area contributed by atoms with Gasteiger partial charge in [-0.3, -0.25) is 0 Å². The van der Waals surface area contributed by atoms with Crippen LogP contribution in [0.2, 0.25) is 0 Å². The summed E-state index contributed by atoms with van der Waals surface area (Å²) >= 11 is 12.9. The molecule has 0 fully saturated rings. The molecular weight excluding hydrogens is 374 g/mol. The molecule has 4 heteroatoms. The fraction of sp³-hybridized carbons (Fsp3) is 0.182. The van der Waals surface area contributed by atoms with E-state index in [-0.39, 0.29) is 0 Å². The van der Waals surface area contributed by atoms with Crippen LogP contribution in [0.5, 0.6) is 0 Å². The Morgan fingerprint density at radius 1 is 0.846 bits per heavy atom. The first-order chi connectivity index (χ1) is 12.5. The van der Waals surface area contributed by atoms with Crippen LogP contribution >= 0.6 is 37.9 Å². The van der Waals surface area contributed by atoms with E-state index in [0.717, 1.165) is 36.7 Å². The number of hydrogen-bond acceptors (Lipinski definition) is 4. The van der Waals surface area contributed by atoms with Gasteiger partial charge in [-0.05, 0) is 42.5 Å². The summed E-state index contributed by atoms with van der Waals surface area (Å²) in [5.41, 5.74) is 9.00. The highest BCUT2D eigenvalue weighted by atomic mass is 32.1. The molecule has 0 aliphatic carbocycles. The molecule has 0 unspecified atom stereocenters. The lowest BCUT2D eigenvalue weighted by molar-refractivity contribution is 1.20. The van der Waals surface area contributed by atoms with Gasteiger partial charge < -0.3 is 5.73 Å². The number of nitrogen functional groups attached to an aromatic ring is 1. The highest BCUT2D eigenvalue weighted by Crippen LogP contribution is 2.27. The third-order valence-electron chi connectivity index (χ3n) is 3.69. The van der Waals surface area contributed by atoms with E-state index in [4.69, 9.17) is 5.73 Å². The molecule has 0 amide bonds. The Kier molecular flexibility index (Phi) is 9.78. The van der Waals surface area contributed by atoms with Crippen LogP contribution < -0.4 is 5.73 Å². The minimum atomic E-state index is 0.761. The largest absolute Gasteiger partial charge is 0.397 e. The molecule has 0 saturated carbocycles. The Hall–Kier alpha value is -1.49. The van der Waals surface area contributed by atoms with Crippen molar-refractivity contribution in [1.82, 2.24) is 0 Å². The zero-order valence-corrected chi connectivity index (χ0v) is 18.4. The number of aryl methyl sites for hydroxylation is 1. The van der Waals surface area contributed by atoms with Gasteiger partial charge in [0.05, 0.1) is 5.69 Å². The van der Waals surface area contributed by atoms with Crippen LogP contribution in [0.25, 0.3) is 16.8 Å². The van der Waals surface area contributed by atoms with Gasteiger partial charge in [0, 0.05) is 20.1 Å². The fourth-order valence-corrected chi connectivity index (χ4v) is 3.07. The van der Waals surface area contributed by atoms with Crippen molar-refractivity contribution in [1.29, 1.82) is 0 Å².